The third-order valence-corrected chi connectivity index (χ3v) is 5.41. The summed E-state index contributed by atoms with van der Waals surface area (Å²) in [6, 6.07) is 19.2. The number of aromatic amines is 1. The lowest BCUT2D eigenvalue weighted by Crippen LogP contribution is -2.14. The van der Waals surface area contributed by atoms with Gasteiger partial charge in [0.15, 0.2) is 0 Å². The van der Waals surface area contributed by atoms with Crippen molar-refractivity contribution < 1.29 is 0 Å². The largest absolute Gasteiger partial charge is 0.364 e. The quantitative estimate of drug-likeness (QED) is 0.434. The zero-order valence-electron chi connectivity index (χ0n) is 16.1. The van der Waals surface area contributed by atoms with Gasteiger partial charge < -0.3 is 4.98 Å². The van der Waals surface area contributed by atoms with Gasteiger partial charge in [-0.3, -0.25) is 9.78 Å². The molecule has 30 heavy (non-hydrogen) atoms. The number of halogens is 1. The third-order valence-electron chi connectivity index (χ3n) is 5.16. The Morgan fingerprint density at radius 3 is 2.37 bits per heavy atom. The zero-order chi connectivity index (χ0) is 20.7. The topological polar surface area (TPSA) is 63.6 Å². The van der Waals surface area contributed by atoms with Crippen LogP contribution >= 0.6 is 11.6 Å². The molecular weight excluding hydrogens is 396 g/mol. The molecule has 2 aliphatic rings. The van der Waals surface area contributed by atoms with Crippen LogP contribution in [0.5, 0.6) is 0 Å². The van der Waals surface area contributed by atoms with Crippen LogP contribution in [0.2, 0.25) is 5.02 Å². The Hall–Kier alpha value is -3.70. The monoisotopic (exact) mass is 412 g/mol. The standard InChI is InChI=1S/C24H17ClN4O/c1-15-22(17-6-4-16(5-7-17)18-3-2-12-26-13-18)23-21(14-27-15)24(30)29(28-23)20-10-8-19(25)9-11-20/h2-14,27H,1H3. The van der Waals surface area contributed by atoms with Crippen LogP contribution in [0.1, 0.15) is 5.69 Å². The third kappa shape index (κ3) is 3.09. The van der Waals surface area contributed by atoms with Crippen LogP contribution in [-0.2, 0) is 0 Å². The molecule has 0 aliphatic carbocycles. The molecule has 5 nitrogen and oxygen atoms in total. The maximum absolute atomic E-state index is 13.0. The Morgan fingerprint density at radius 2 is 1.67 bits per heavy atom. The Bertz CT molecular complexity index is 1350. The maximum atomic E-state index is 13.0. The average Bonchev–Trinajstić information content (AvgIpc) is 3.11. The van der Waals surface area contributed by atoms with Crippen molar-refractivity contribution in [1.29, 1.82) is 0 Å². The van der Waals surface area contributed by atoms with Crippen molar-refractivity contribution in [3.63, 3.8) is 0 Å². The normalized spacial score (nSPS) is 11.1. The van der Waals surface area contributed by atoms with Crippen LogP contribution in [0.25, 0.3) is 39.2 Å². The molecule has 2 aliphatic heterocycles. The van der Waals surface area contributed by atoms with Crippen LogP contribution in [0.4, 0.5) is 0 Å². The molecule has 0 saturated heterocycles. The summed E-state index contributed by atoms with van der Waals surface area (Å²) >= 11 is 5.98. The highest BCUT2D eigenvalue weighted by molar-refractivity contribution is 6.30. The van der Waals surface area contributed by atoms with Crippen LogP contribution in [0, 0.1) is 6.92 Å². The molecule has 0 spiro atoms. The first-order valence-electron chi connectivity index (χ1n) is 9.49. The van der Waals surface area contributed by atoms with E-state index in [1.165, 1.54) is 4.68 Å². The molecule has 0 amide bonds. The van der Waals surface area contributed by atoms with E-state index in [0.29, 0.717) is 22.0 Å². The molecule has 146 valence electrons. The fourth-order valence-electron chi connectivity index (χ4n) is 3.63. The van der Waals surface area contributed by atoms with E-state index < -0.39 is 0 Å². The zero-order valence-corrected chi connectivity index (χ0v) is 16.9. The van der Waals surface area contributed by atoms with E-state index in [0.717, 1.165) is 27.9 Å². The van der Waals surface area contributed by atoms with Gasteiger partial charge in [-0.25, -0.2) is 0 Å². The molecule has 3 heterocycles. The lowest BCUT2D eigenvalue weighted by atomic mass is 9.97. The molecule has 0 bridgehead atoms. The van der Waals surface area contributed by atoms with Crippen LogP contribution in [-0.4, -0.2) is 19.7 Å². The molecule has 1 N–H and O–H groups in total. The maximum Gasteiger partial charge on any atom is 0.282 e. The van der Waals surface area contributed by atoms with Crippen molar-refractivity contribution in [2.24, 2.45) is 0 Å². The van der Waals surface area contributed by atoms with E-state index in [9.17, 15) is 4.79 Å². The van der Waals surface area contributed by atoms with Gasteiger partial charge in [0.2, 0.25) is 0 Å². The van der Waals surface area contributed by atoms with Crippen LogP contribution in [0.3, 0.4) is 0 Å². The second kappa shape index (κ2) is 7.28. The molecule has 0 radical (unpaired) electrons. The smallest absolute Gasteiger partial charge is 0.282 e. The summed E-state index contributed by atoms with van der Waals surface area (Å²) in [6.07, 6.45) is 5.32. The number of H-pyrrole nitrogens is 1. The van der Waals surface area contributed by atoms with Crippen molar-refractivity contribution in [1.82, 2.24) is 19.7 Å². The van der Waals surface area contributed by atoms with Gasteiger partial charge in [-0.2, -0.15) is 9.78 Å². The van der Waals surface area contributed by atoms with Gasteiger partial charge in [0, 0.05) is 34.9 Å². The number of hydrogen-bond donors (Lipinski definition) is 1. The molecule has 0 unspecified atom stereocenters. The highest BCUT2D eigenvalue weighted by Crippen LogP contribution is 2.34. The summed E-state index contributed by atoms with van der Waals surface area (Å²) in [5.41, 5.74) is 6.70. The Labute approximate surface area is 178 Å². The minimum atomic E-state index is -0.170. The summed E-state index contributed by atoms with van der Waals surface area (Å²) in [6.45, 7) is 1.98. The highest BCUT2D eigenvalue weighted by Gasteiger charge is 2.22. The SMILES string of the molecule is Cc1[nH]cc2c(=O)n(-c3ccc(Cl)cc3)nc-2c1-c1ccc(-c2cccnc2)cc1. The van der Waals surface area contributed by atoms with Gasteiger partial charge in [0.05, 0.1) is 11.3 Å². The number of rotatable bonds is 3. The predicted octanol–water partition coefficient (Wildman–Crippen LogP) is 5.36. The average molecular weight is 413 g/mol. The summed E-state index contributed by atoms with van der Waals surface area (Å²) in [5.74, 6) is 0. The van der Waals surface area contributed by atoms with Gasteiger partial charge in [-0.1, -0.05) is 41.9 Å². The van der Waals surface area contributed by atoms with Crippen molar-refractivity contribution in [2.45, 2.75) is 6.92 Å². The fraction of sp³-hybridized carbons (Fsp3) is 0.0417. The molecule has 0 saturated carbocycles. The second-order valence-corrected chi connectivity index (χ2v) is 7.50. The lowest BCUT2D eigenvalue weighted by molar-refractivity contribution is 0.858. The summed E-state index contributed by atoms with van der Waals surface area (Å²) in [7, 11) is 0. The number of pyridine rings is 2. The number of nitrogens with one attached hydrogen (secondary N) is 1. The van der Waals surface area contributed by atoms with Crippen molar-refractivity contribution >= 4 is 11.6 Å². The number of aromatic nitrogens is 4. The molecular formula is C24H17ClN4O. The fourth-order valence-corrected chi connectivity index (χ4v) is 3.76. The first-order chi connectivity index (χ1) is 14.6. The molecule has 5 rings (SSSR count). The number of fused-ring (bicyclic) bond motifs is 1. The predicted molar refractivity (Wildman–Crippen MR) is 119 cm³/mol. The Morgan fingerprint density at radius 1 is 0.933 bits per heavy atom. The summed E-state index contributed by atoms with van der Waals surface area (Å²) < 4.78 is 1.42. The van der Waals surface area contributed by atoms with E-state index in [4.69, 9.17) is 11.6 Å². The van der Waals surface area contributed by atoms with Crippen molar-refractivity contribution in [2.75, 3.05) is 0 Å². The number of aryl methyl sites for hydroxylation is 1. The number of hydrogen-bond acceptors (Lipinski definition) is 3. The van der Waals surface area contributed by atoms with Gasteiger partial charge >= 0.3 is 0 Å². The van der Waals surface area contributed by atoms with Gasteiger partial charge in [0.25, 0.3) is 5.56 Å². The first kappa shape index (κ1) is 18.3. The Balaban J connectivity index is 1.64. The lowest BCUT2D eigenvalue weighted by Gasteiger charge is -2.11. The number of nitrogens with zero attached hydrogens (tertiary/aromatic N) is 3. The molecule has 6 heteroatoms. The molecule has 2 aromatic carbocycles. The van der Waals surface area contributed by atoms with Gasteiger partial charge in [0.1, 0.15) is 5.69 Å². The van der Waals surface area contributed by atoms with E-state index in [2.05, 4.69) is 27.2 Å². The van der Waals surface area contributed by atoms with E-state index in [1.807, 2.05) is 37.4 Å². The molecule has 1 aromatic heterocycles. The van der Waals surface area contributed by atoms with E-state index in [1.54, 1.807) is 36.7 Å². The number of benzene rings is 2. The Kier molecular flexibility index (Phi) is 4.45. The molecule has 0 fully saturated rings. The molecule has 3 aromatic rings. The summed E-state index contributed by atoms with van der Waals surface area (Å²) in [5, 5.41) is 5.27. The minimum absolute atomic E-state index is 0.170. The minimum Gasteiger partial charge on any atom is -0.364 e. The highest BCUT2D eigenvalue weighted by atomic mass is 35.5. The first-order valence-corrected chi connectivity index (χ1v) is 9.87. The van der Waals surface area contributed by atoms with Crippen LogP contribution in [0.15, 0.2) is 84.0 Å². The molecule has 0 atom stereocenters. The van der Waals surface area contributed by atoms with Gasteiger partial charge in [-0.05, 0) is 53.9 Å². The van der Waals surface area contributed by atoms with E-state index in [-0.39, 0.29) is 5.56 Å². The van der Waals surface area contributed by atoms with Crippen molar-refractivity contribution in [3.8, 4) is 39.2 Å². The second-order valence-electron chi connectivity index (χ2n) is 7.06. The van der Waals surface area contributed by atoms with E-state index >= 15 is 0 Å². The van der Waals surface area contributed by atoms with Gasteiger partial charge in [-0.15, -0.1) is 0 Å². The summed E-state index contributed by atoms with van der Waals surface area (Å²) in [4.78, 5) is 20.4. The van der Waals surface area contributed by atoms with Crippen LogP contribution < -0.4 is 5.56 Å². The van der Waals surface area contributed by atoms with Crippen molar-refractivity contribution in [3.05, 3.63) is 100 Å².